The summed E-state index contributed by atoms with van der Waals surface area (Å²) in [5.74, 6) is -0.163. The minimum absolute atomic E-state index is 0.163. The molecule has 0 saturated heterocycles. The zero-order valence-electron chi connectivity index (χ0n) is 14.6. The molecule has 0 radical (unpaired) electrons. The summed E-state index contributed by atoms with van der Waals surface area (Å²) in [7, 11) is 0. The number of benzene rings is 2. The van der Waals surface area contributed by atoms with Crippen molar-refractivity contribution in [3.63, 3.8) is 0 Å². The van der Waals surface area contributed by atoms with Gasteiger partial charge in [-0.05, 0) is 61.9 Å². The van der Waals surface area contributed by atoms with E-state index in [0.717, 1.165) is 27.2 Å². The van der Waals surface area contributed by atoms with Crippen LogP contribution in [0.5, 0.6) is 0 Å². The standard InChI is InChI=1S/C20H15Cl2N3OS/c1-11-3-4-14(22)9-17(11)23-19(26)18-10-16-12(2)24-25(20(16)27-18)15-7-5-13(21)6-8-15/h3-10H,1-2H3,(H,23,26). The number of aryl methyl sites for hydroxylation is 2. The van der Waals surface area contributed by atoms with Gasteiger partial charge in [0.1, 0.15) is 4.83 Å². The van der Waals surface area contributed by atoms with Crippen molar-refractivity contribution in [2.75, 3.05) is 5.32 Å². The predicted molar refractivity (Wildman–Crippen MR) is 113 cm³/mol. The maximum Gasteiger partial charge on any atom is 0.265 e. The number of hydrogen-bond acceptors (Lipinski definition) is 3. The van der Waals surface area contributed by atoms with Crippen LogP contribution >= 0.6 is 34.5 Å². The van der Waals surface area contributed by atoms with Crippen molar-refractivity contribution in [1.82, 2.24) is 9.78 Å². The van der Waals surface area contributed by atoms with Gasteiger partial charge in [-0.15, -0.1) is 11.3 Å². The molecule has 1 amide bonds. The van der Waals surface area contributed by atoms with E-state index in [1.807, 2.05) is 54.9 Å². The Hall–Kier alpha value is -2.34. The Morgan fingerprint density at radius 3 is 2.48 bits per heavy atom. The topological polar surface area (TPSA) is 46.9 Å². The number of amides is 1. The molecule has 0 aliphatic rings. The Morgan fingerprint density at radius 2 is 1.74 bits per heavy atom. The summed E-state index contributed by atoms with van der Waals surface area (Å²) in [5.41, 5.74) is 3.43. The second-order valence-electron chi connectivity index (χ2n) is 6.22. The monoisotopic (exact) mass is 415 g/mol. The van der Waals surface area contributed by atoms with Gasteiger partial charge in [-0.1, -0.05) is 29.3 Å². The number of fused-ring (bicyclic) bond motifs is 1. The van der Waals surface area contributed by atoms with Gasteiger partial charge in [0.05, 0.1) is 16.3 Å². The molecule has 2 aromatic heterocycles. The molecule has 7 heteroatoms. The Kier molecular flexibility index (Phi) is 4.68. The second-order valence-corrected chi connectivity index (χ2v) is 8.12. The zero-order valence-corrected chi connectivity index (χ0v) is 16.9. The number of nitrogens with zero attached hydrogens (tertiary/aromatic N) is 2. The SMILES string of the molecule is Cc1ccc(Cl)cc1NC(=O)c1cc2c(C)nn(-c3ccc(Cl)cc3)c2s1. The molecule has 0 unspecified atom stereocenters. The van der Waals surface area contributed by atoms with Crippen LogP contribution in [-0.2, 0) is 0 Å². The molecular weight excluding hydrogens is 401 g/mol. The summed E-state index contributed by atoms with van der Waals surface area (Å²) >= 11 is 13.4. The first-order chi connectivity index (χ1) is 12.9. The average molecular weight is 416 g/mol. The third-order valence-electron chi connectivity index (χ3n) is 4.29. The van der Waals surface area contributed by atoms with Crippen LogP contribution in [0.2, 0.25) is 10.0 Å². The minimum Gasteiger partial charge on any atom is -0.321 e. The summed E-state index contributed by atoms with van der Waals surface area (Å²) in [6, 6.07) is 14.8. The summed E-state index contributed by atoms with van der Waals surface area (Å²) in [6.45, 7) is 3.86. The Labute approximate surface area is 170 Å². The van der Waals surface area contributed by atoms with Crippen LogP contribution < -0.4 is 5.32 Å². The summed E-state index contributed by atoms with van der Waals surface area (Å²) in [4.78, 5) is 14.3. The van der Waals surface area contributed by atoms with Gasteiger partial charge in [-0.2, -0.15) is 5.10 Å². The first-order valence-corrected chi connectivity index (χ1v) is 9.82. The van der Waals surface area contributed by atoms with Crippen molar-refractivity contribution >= 4 is 56.3 Å². The highest BCUT2D eigenvalue weighted by molar-refractivity contribution is 7.20. The maximum atomic E-state index is 12.8. The molecule has 27 heavy (non-hydrogen) atoms. The van der Waals surface area contributed by atoms with Gasteiger partial charge in [-0.3, -0.25) is 4.79 Å². The van der Waals surface area contributed by atoms with Gasteiger partial charge >= 0.3 is 0 Å². The van der Waals surface area contributed by atoms with E-state index in [-0.39, 0.29) is 5.91 Å². The normalized spacial score (nSPS) is 11.1. The number of halogens is 2. The van der Waals surface area contributed by atoms with Crippen molar-refractivity contribution in [3.8, 4) is 5.69 Å². The lowest BCUT2D eigenvalue weighted by Crippen LogP contribution is -2.11. The van der Waals surface area contributed by atoms with Crippen molar-refractivity contribution in [2.45, 2.75) is 13.8 Å². The number of nitrogens with one attached hydrogen (secondary N) is 1. The molecular formula is C20H15Cl2N3OS. The number of hydrogen-bond donors (Lipinski definition) is 1. The zero-order chi connectivity index (χ0) is 19.1. The van der Waals surface area contributed by atoms with Gasteiger partial charge in [0.2, 0.25) is 0 Å². The van der Waals surface area contributed by atoms with Crippen molar-refractivity contribution < 1.29 is 4.79 Å². The van der Waals surface area contributed by atoms with E-state index in [2.05, 4.69) is 10.4 Å². The van der Waals surface area contributed by atoms with Crippen LogP contribution in [0.1, 0.15) is 20.9 Å². The fourth-order valence-electron chi connectivity index (χ4n) is 2.83. The number of carbonyl (C=O) groups is 1. The molecule has 4 rings (SSSR count). The van der Waals surface area contributed by atoms with Crippen LogP contribution in [0.25, 0.3) is 15.9 Å². The Morgan fingerprint density at radius 1 is 1.04 bits per heavy atom. The number of carbonyl (C=O) groups excluding carboxylic acids is 1. The van der Waals surface area contributed by atoms with Gasteiger partial charge in [0.25, 0.3) is 5.91 Å². The lowest BCUT2D eigenvalue weighted by atomic mass is 10.2. The van der Waals surface area contributed by atoms with E-state index < -0.39 is 0 Å². The van der Waals surface area contributed by atoms with Crippen LogP contribution in [0, 0.1) is 13.8 Å². The predicted octanol–water partition coefficient (Wildman–Crippen LogP) is 6.26. The molecule has 0 spiro atoms. The third kappa shape index (κ3) is 3.46. The van der Waals surface area contributed by atoms with Gasteiger partial charge in [0.15, 0.2) is 0 Å². The number of rotatable bonds is 3. The maximum absolute atomic E-state index is 12.8. The molecule has 0 aliphatic heterocycles. The van der Waals surface area contributed by atoms with E-state index in [1.165, 1.54) is 11.3 Å². The molecule has 0 saturated carbocycles. The lowest BCUT2D eigenvalue weighted by molar-refractivity contribution is 0.103. The van der Waals surface area contributed by atoms with Gasteiger partial charge < -0.3 is 5.32 Å². The van der Waals surface area contributed by atoms with Crippen LogP contribution in [0.3, 0.4) is 0 Å². The summed E-state index contributed by atoms with van der Waals surface area (Å²) in [5, 5.41) is 9.75. The Bertz CT molecular complexity index is 1160. The van der Waals surface area contributed by atoms with Gasteiger partial charge in [0, 0.05) is 21.1 Å². The van der Waals surface area contributed by atoms with Crippen LogP contribution in [-0.4, -0.2) is 15.7 Å². The third-order valence-corrected chi connectivity index (χ3v) is 5.88. The van der Waals surface area contributed by atoms with E-state index in [1.54, 1.807) is 12.1 Å². The lowest BCUT2D eigenvalue weighted by Gasteiger charge is -2.07. The largest absolute Gasteiger partial charge is 0.321 e. The number of aromatic nitrogens is 2. The first kappa shape index (κ1) is 18.0. The fourth-order valence-corrected chi connectivity index (χ4v) is 4.21. The molecule has 2 aromatic carbocycles. The summed E-state index contributed by atoms with van der Waals surface area (Å²) in [6.07, 6.45) is 0. The smallest absolute Gasteiger partial charge is 0.265 e. The first-order valence-electron chi connectivity index (χ1n) is 8.25. The highest BCUT2D eigenvalue weighted by Crippen LogP contribution is 2.31. The van der Waals surface area contributed by atoms with Crippen LogP contribution in [0.4, 0.5) is 5.69 Å². The van der Waals surface area contributed by atoms with E-state index in [0.29, 0.717) is 20.6 Å². The highest BCUT2D eigenvalue weighted by atomic mass is 35.5. The molecule has 0 atom stereocenters. The van der Waals surface area contributed by atoms with E-state index >= 15 is 0 Å². The molecule has 2 heterocycles. The molecule has 0 fully saturated rings. The number of anilines is 1. The molecule has 1 N–H and O–H groups in total. The molecule has 136 valence electrons. The van der Waals surface area contributed by atoms with Crippen molar-refractivity contribution in [3.05, 3.63) is 74.7 Å². The molecule has 4 nitrogen and oxygen atoms in total. The van der Waals surface area contributed by atoms with Crippen LogP contribution in [0.15, 0.2) is 48.5 Å². The fraction of sp³-hybridized carbons (Fsp3) is 0.100. The molecule has 4 aromatic rings. The van der Waals surface area contributed by atoms with Gasteiger partial charge in [-0.25, -0.2) is 4.68 Å². The second kappa shape index (κ2) is 7.00. The van der Waals surface area contributed by atoms with E-state index in [9.17, 15) is 4.79 Å². The molecule has 0 bridgehead atoms. The van der Waals surface area contributed by atoms with Crippen molar-refractivity contribution in [2.24, 2.45) is 0 Å². The average Bonchev–Trinajstić information content (AvgIpc) is 3.20. The Balaban J connectivity index is 1.71. The summed E-state index contributed by atoms with van der Waals surface area (Å²) < 4.78 is 1.84. The quantitative estimate of drug-likeness (QED) is 0.428. The van der Waals surface area contributed by atoms with Crippen molar-refractivity contribution in [1.29, 1.82) is 0 Å². The highest BCUT2D eigenvalue weighted by Gasteiger charge is 2.18. The minimum atomic E-state index is -0.163. The van der Waals surface area contributed by atoms with E-state index in [4.69, 9.17) is 23.2 Å². The number of thiophene rings is 1. The molecule has 0 aliphatic carbocycles.